The fourth-order valence-corrected chi connectivity index (χ4v) is 2.75. The summed E-state index contributed by atoms with van der Waals surface area (Å²) < 4.78 is 5.74. The van der Waals surface area contributed by atoms with E-state index in [9.17, 15) is 0 Å². The van der Waals surface area contributed by atoms with Crippen molar-refractivity contribution in [3.8, 4) is 0 Å². The van der Waals surface area contributed by atoms with E-state index in [0.29, 0.717) is 12.1 Å². The maximum Gasteiger partial charge on any atom is 0.0826 e. The van der Waals surface area contributed by atoms with E-state index < -0.39 is 0 Å². The van der Waals surface area contributed by atoms with Crippen molar-refractivity contribution in [1.82, 2.24) is 15.1 Å². The lowest BCUT2D eigenvalue weighted by Crippen LogP contribution is -2.47. The van der Waals surface area contributed by atoms with Gasteiger partial charge in [-0.1, -0.05) is 0 Å². The molecule has 2 rings (SSSR count). The standard InChI is InChI=1S/C13H27N3O/c1-12(16-5-3-4-6-16)9-14-10-13-11-15(2)7-8-17-13/h12-14H,3-11H2,1-2H3. The van der Waals surface area contributed by atoms with Crippen LogP contribution in [0.15, 0.2) is 0 Å². The molecule has 17 heavy (non-hydrogen) atoms. The Morgan fingerprint density at radius 2 is 2.06 bits per heavy atom. The van der Waals surface area contributed by atoms with Gasteiger partial charge in [0.05, 0.1) is 12.7 Å². The first-order valence-corrected chi connectivity index (χ1v) is 7.00. The number of hydrogen-bond donors (Lipinski definition) is 1. The molecule has 100 valence electrons. The number of rotatable bonds is 5. The molecule has 2 unspecified atom stereocenters. The highest BCUT2D eigenvalue weighted by Gasteiger charge is 2.20. The van der Waals surface area contributed by atoms with Crippen LogP contribution in [0.2, 0.25) is 0 Å². The van der Waals surface area contributed by atoms with Gasteiger partial charge in [-0.25, -0.2) is 0 Å². The van der Waals surface area contributed by atoms with Crippen LogP contribution in [0.1, 0.15) is 19.8 Å². The average Bonchev–Trinajstić information content (AvgIpc) is 2.82. The normalized spacial score (nSPS) is 29.6. The Morgan fingerprint density at radius 1 is 1.29 bits per heavy atom. The van der Waals surface area contributed by atoms with Gasteiger partial charge in [0.1, 0.15) is 0 Å². The highest BCUT2D eigenvalue weighted by atomic mass is 16.5. The SMILES string of the molecule is CC(CNCC1CN(C)CCO1)N1CCCC1. The monoisotopic (exact) mass is 241 g/mol. The molecular weight excluding hydrogens is 214 g/mol. The van der Waals surface area contributed by atoms with E-state index in [1.807, 2.05) is 0 Å². The van der Waals surface area contributed by atoms with E-state index in [-0.39, 0.29) is 0 Å². The molecule has 0 spiro atoms. The zero-order chi connectivity index (χ0) is 12.1. The van der Waals surface area contributed by atoms with Crippen LogP contribution < -0.4 is 5.32 Å². The number of likely N-dealkylation sites (tertiary alicyclic amines) is 1. The Bertz CT molecular complexity index is 217. The third-order valence-electron chi connectivity index (χ3n) is 3.92. The summed E-state index contributed by atoms with van der Waals surface area (Å²) in [6.07, 6.45) is 3.13. The van der Waals surface area contributed by atoms with Gasteiger partial charge in [0.2, 0.25) is 0 Å². The molecule has 0 aromatic carbocycles. The summed E-state index contributed by atoms with van der Waals surface area (Å²) in [5.74, 6) is 0. The summed E-state index contributed by atoms with van der Waals surface area (Å²) in [4.78, 5) is 4.93. The number of likely N-dealkylation sites (N-methyl/N-ethyl adjacent to an activating group) is 1. The molecule has 4 heteroatoms. The number of nitrogens with zero attached hydrogens (tertiary/aromatic N) is 2. The van der Waals surface area contributed by atoms with E-state index in [1.54, 1.807) is 0 Å². The predicted molar refractivity (Wildman–Crippen MR) is 70.4 cm³/mol. The molecule has 2 fully saturated rings. The molecule has 2 saturated heterocycles. The molecule has 0 aromatic rings. The van der Waals surface area contributed by atoms with Crippen LogP contribution in [0.25, 0.3) is 0 Å². The highest BCUT2D eigenvalue weighted by Crippen LogP contribution is 2.10. The molecule has 2 atom stereocenters. The summed E-state index contributed by atoms with van der Waals surface area (Å²) in [5, 5.41) is 3.56. The maximum absolute atomic E-state index is 5.74. The quantitative estimate of drug-likeness (QED) is 0.754. The Balaban J connectivity index is 1.58. The van der Waals surface area contributed by atoms with E-state index in [2.05, 4.69) is 29.1 Å². The van der Waals surface area contributed by atoms with Crippen molar-refractivity contribution in [2.45, 2.75) is 31.9 Å². The van der Waals surface area contributed by atoms with Crippen molar-refractivity contribution in [3.63, 3.8) is 0 Å². The van der Waals surface area contributed by atoms with Crippen molar-refractivity contribution in [1.29, 1.82) is 0 Å². The van der Waals surface area contributed by atoms with Crippen molar-refractivity contribution >= 4 is 0 Å². The molecule has 4 nitrogen and oxygen atoms in total. The van der Waals surface area contributed by atoms with Crippen molar-refractivity contribution in [3.05, 3.63) is 0 Å². The summed E-state index contributed by atoms with van der Waals surface area (Å²) in [6, 6.07) is 0.666. The zero-order valence-corrected chi connectivity index (χ0v) is 11.3. The molecular formula is C13H27N3O. The summed E-state index contributed by atoms with van der Waals surface area (Å²) in [5.41, 5.74) is 0. The minimum atomic E-state index is 0.375. The van der Waals surface area contributed by atoms with E-state index in [1.165, 1.54) is 25.9 Å². The first-order valence-electron chi connectivity index (χ1n) is 7.00. The summed E-state index contributed by atoms with van der Waals surface area (Å²) in [6.45, 7) is 9.98. The van der Waals surface area contributed by atoms with Crippen molar-refractivity contribution in [2.24, 2.45) is 0 Å². The van der Waals surface area contributed by atoms with Gasteiger partial charge in [0.25, 0.3) is 0 Å². The van der Waals surface area contributed by atoms with Crippen LogP contribution in [0.4, 0.5) is 0 Å². The lowest BCUT2D eigenvalue weighted by Gasteiger charge is -2.31. The molecule has 0 aromatic heterocycles. The van der Waals surface area contributed by atoms with Crippen LogP contribution in [0.5, 0.6) is 0 Å². The Labute approximate surface area is 105 Å². The van der Waals surface area contributed by atoms with Gasteiger partial charge in [0, 0.05) is 32.2 Å². The summed E-state index contributed by atoms with van der Waals surface area (Å²) >= 11 is 0. The van der Waals surface area contributed by atoms with Gasteiger partial charge < -0.3 is 15.0 Å². The average molecular weight is 241 g/mol. The summed E-state index contributed by atoms with van der Waals surface area (Å²) in [7, 11) is 2.17. The second-order valence-electron chi connectivity index (χ2n) is 5.51. The van der Waals surface area contributed by atoms with Crippen LogP contribution in [0.3, 0.4) is 0 Å². The first-order chi connectivity index (χ1) is 8.25. The van der Waals surface area contributed by atoms with Gasteiger partial charge in [-0.2, -0.15) is 0 Å². The predicted octanol–water partition coefficient (Wildman–Crippen LogP) is 0.391. The van der Waals surface area contributed by atoms with Gasteiger partial charge in [-0.15, -0.1) is 0 Å². The number of nitrogens with one attached hydrogen (secondary N) is 1. The minimum Gasteiger partial charge on any atom is -0.374 e. The third-order valence-corrected chi connectivity index (χ3v) is 3.92. The molecule has 2 heterocycles. The molecule has 1 N–H and O–H groups in total. The topological polar surface area (TPSA) is 27.7 Å². The largest absolute Gasteiger partial charge is 0.374 e. The lowest BCUT2D eigenvalue weighted by molar-refractivity contribution is -0.0185. The van der Waals surface area contributed by atoms with E-state index in [0.717, 1.165) is 32.8 Å². The molecule has 2 aliphatic rings. The molecule has 0 saturated carbocycles. The highest BCUT2D eigenvalue weighted by molar-refractivity contribution is 4.76. The first kappa shape index (κ1) is 13.3. The molecule has 0 radical (unpaired) electrons. The van der Waals surface area contributed by atoms with Crippen LogP contribution in [0, 0.1) is 0 Å². The van der Waals surface area contributed by atoms with Crippen molar-refractivity contribution in [2.75, 3.05) is 52.9 Å². The molecule has 2 aliphatic heterocycles. The second kappa shape index (κ2) is 6.69. The Hall–Kier alpha value is -0.160. The minimum absolute atomic E-state index is 0.375. The second-order valence-corrected chi connectivity index (χ2v) is 5.51. The number of ether oxygens (including phenoxy) is 1. The van der Waals surface area contributed by atoms with Crippen LogP contribution in [-0.2, 0) is 4.74 Å². The Kier molecular flexibility index (Phi) is 5.22. The number of hydrogen-bond acceptors (Lipinski definition) is 4. The fourth-order valence-electron chi connectivity index (χ4n) is 2.75. The van der Waals surface area contributed by atoms with Crippen LogP contribution >= 0.6 is 0 Å². The van der Waals surface area contributed by atoms with Crippen LogP contribution in [-0.4, -0.2) is 74.9 Å². The van der Waals surface area contributed by atoms with Gasteiger partial charge in [0.15, 0.2) is 0 Å². The number of morpholine rings is 1. The molecule has 0 aliphatic carbocycles. The van der Waals surface area contributed by atoms with Gasteiger partial charge >= 0.3 is 0 Å². The van der Waals surface area contributed by atoms with Gasteiger partial charge in [-0.3, -0.25) is 4.90 Å². The maximum atomic E-state index is 5.74. The molecule has 0 bridgehead atoms. The van der Waals surface area contributed by atoms with E-state index in [4.69, 9.17) is 4.74 Å². The van der Waals surface area contributed by atoms with Crippen molar-refractivity contribution < 1.29 is 4.74 Å². The molecule has 0 amide bonds. The third kappa shape index (κ3) is 4.21. The Morgan fingerprint density at radius 3 is 2.76 bits per heavy atom. The lowest BCUT2D eigenvalue weighted by atomic mass is 10.2. The smallest absolute Gasteiger partial charge is 0.0826 e. The van der Waals surface area contributed by atoms with Gasteiger partial charge in [-0.05, 0) is 39.9 Å². The zero-order valence-electron chi connectivity index (χ0n) is 11.3. The van der Waals surface area contributed by atoms with E-state index >= 15 is 0 Å². The fraction of sp³-hybridized carbons (Fsp3) is 1.00.